The molecule has 0 aliphatic rings. The average molecular weight is 418 g/mol. The van der Waals surface area contributed by atoms with E-state index in [9.17, 15) is 19.2 Å². The van der Waals surface area contributed by atoms with Crippen LogP contribution < -0.4 is 16.0 Å². The van der Waals surface area contributed by atoms with E-state index < -0.39 is 35.8 Å². The lowest BCUT2D eigenvalue weighted by Crippen LogP contribution is -2.55. The molecule has 1 aromatic carbocycles. The highest BCUT2D eigenvalue weighted by molar-refractivity contribution is 6.03. The van der Waals surface area contributed by atoms with Crippen molar-refractivity contribution in [1.29, 1.82) is 0 Å². The normalized spacial score (nSPS) is 13.4. The Labute approximate surface area is 177 Å². The molecular weight excluding hydrogens is 386 g/mol. The van der Waals surface area contributed by atoms with Crippen LogP contribution in [0, 0.1) is 11.8 Å². The second-order valence-electron chi connectivity index (χ2n) is 7.60. The first-order valence-corrected chi connectivity index (χ1v) is 9.80. The molecule has 0 aliphatic heterocycles. The molecule has 1 rings (SSSR count). The van der Waals surface area contributed by atoms with Crippen LogP contribution in [-0.2, 0) is 23.9 Å². The van der Waals surface area contributed by atoms with Crippen LogP contribution in [-0.4, -0.2) is 42.9 Å². The first-order valence-electron chi connectivity index (χ1n) is 9.80. The monoisotopic (exact) mass is 417 g/mol. The number of benzene rings is 1. The van der Waals surface area contributed by atoms with Gasteiger partial charge in [-0.15, -0.1) is 0 Å². The van der Waals surface area contributed by atoms with E-state index in [4.69, 9.17) is 4.74 Å². The lowest BCUT2D eigenvalue weighted by molar-refractivity contribution is -0.146. The highest BCUT2D eigenvalue weighted by Crippen LogP contribution is 2.10. The van der Waals surface area contributed by atoms with Crippen molar-refractivity contribution in [2.75, 3.05) is 7.11 Å². The van der Waals surface area contributed by atoms with E-state index in [0.29, 0.717) is 5.56 Å². The van der Waals surface area contributed by atoms with Gasteiger partial charge in [-0.1, -0.05) is 58.0 Å². The number of carbonyl (C=O) groups is 4. The topological polar surface area (TPSA) is 114 Å². The SMILES string of the molecule is COC(=O)C(NC(=O)C(NC(=O)/C(=C\c1ccccc1)NC(C)=O)C(C)C)C(C)C. The van der Waals surface area contributed by atoms with Crippen LogP contribution >= 0.6 is 0 Å². The Morgan fingerprint density at radius 2 is 1.47 bits per heavy atom. The van der Waals surface area contributed by atoms with E-state index in [1.54, 1.807) is 52.0 Å². The van der Waals surface area contributed by atoms with Crippen LogP contribution in [0.15, 0.2) is 36.0 Å². The number of hydrogen-bond acceptors (Lipinski definition) is 5. The zero-order valence-corrected chi connectivity index (χ0v) is 18.3. The maximum atomic E-state index is 12.8. The molecule has 1 aromatic rings. The minimum absolute atomic E-state index is 0.0144. The molecule has 8 nitrogen and oxygen atoms in total. The molecule has 3 N–H and O–H groups in total. The van der Waals surface area contributed by atoms with Crippen molar-refractivity contribution in [3.8, 4) is 0 Å². The lowest BCUT2D eigenvalue weighted by Gasteiger charge is -2.26. The van der Waals surface area contributed by atoms with Gasteiger partial charge in [-0.3, -0.25) is 14.4 Å². The molecular formula is C22H31N3O5. The van der Waals surface area contributed by atoms with Crippen molar-refractivity contribution < 1.29 is 23.9 Å². The predicted molar refractivity (Wildman–Crippen MR) is 114 cm³/mol. The third kappa shape index (κ3) is 7.69. The van der Waals surface area contributed by atoms with Gasteiger partial charge in [0.25, 0.3) is 5.91 Å². The third-order valence-corrected chi connectivity index (χ3v) is 4.32. The maximum absolute atomic E-state index is 12.8. The molecule has 0 radical (unpaired) electrons. The van der Waals surface area contributed by atoms with Crippen LogP contribution in [0.3, 0.4) is 0 Å². The number of amides is 3. The largest absolute Gasteiger partial charge is 0.467 e. The standard InChI is InChI=1S/C22H31N3O5/c1-13(2)18(21(28)25-19(14(3)4)22(29)30-6)24-20(27)17(23-15(5)26)12-16-10-8-7-9-11-16/h7-14,18-19H,1-6H3,(H,23,26)(H,24,27)(H,25,28)/b17-12+. The summed E-state index contributed by atoms with van der Waals surface area (Å²) in [5, 5.41) is 7.81. The van der Waals surface area contributed by atoms with Crippen molar-refractivity contribution in [3.05, 3.63) is 41.6 Å². The van der Waals surface area contributed by atoms with Crippen LogP contribution in [0.1, 0.15) is 40.2 Å². The predicted octanol–water partition coefficient (Wildman–Crippen LogP) is 1.62. The maximum Gasteiger partial charge on any atom is 0.328 e. The van der Waals surface area contributed by atoms with E-state index in [0.717, 1.165) is 0 Å². The number of nitrogens with one attached hydrogen (secondary N) is 3. The average Bonchev–Trinajstić information content (AvgIpc) is 2.68. The lowest BCUT2D eigenvalue weighted by atomic mass is 10.00. The molecule has 0 spiro atoms. The van der Waals surface area contributed by atoms with E-state index in [1.165, 1.54) is 20.1 Å². The Morgan fingerprint density at radius 3 is 1.93 bits per heavy atom. The van der Waals surface area contributed by atoms with Crippen molar-refractivity contribution in [2.45, 2.75) is 46.7 Å². The molecule has 0 aromatic heterocycles. The summed E-state index contributed by atoms with van der Waals surface area (Å²) in [6.07, 6.45) is 1.53. The van der Waals surface area contributed by atoms with Crippen molar-refractivity contribution >= 4 is 29.8 Å². The van der Waals surface area contributed by atoms with Crippen molar-refractivity contribution in [3.63, 3.8) is 0 Å². The third-order valence-electron chi connectivity index (χ3n) is 4.32. The first-order chi connectivity index (χ1) is 14.1. The Bertz CT molecular complexity index is 787. The number of esters is 1. The van der Waals surface area contributed by atoms with Gasteiger partial charge in [0.15, 0.2) is 0 Å². The molecule has 0 aliphatic carbocycles. The summed E-state index contributed by atoms with van der Waals surface area (Å²) < 4.78 is 4.75. The molecule has 0 saturated carbocycles. The Balaban J connectivity index is 3.07. The molecule has 2 atom stereocenters. The molecule has 0 heterocycles. The minimum Gasteiger partial charge on any atom is -0.467 e. The highest BCUT2D eigenvalue weighted by Gasteiger charge is 2.31. The van der Waals surface area contributed by atoms with Crippen LogP contribution in [0.25, 0.3) is 6.08 Å². The summed E-state index contributed by atoms with van der Waals surface area (Å²) in [6, 6.07) is 7.25. The van der Waals surface area contributed by atoms with Gasteiger partial charge in [0.05, 0.1) is 7.11 Å². The smallest absolute Gasteiger partial charge is 0.328 e. The Kier molecular flexibility index (Phi) is 9.74. The zero-order chi connectivity index (χ0) is 22.8. The summed E-state index contributed by atoms with van der Waals surface area (Å²) >= 11 is 0. The molecule has 30 heavy (non-hydrogen) atoms. The summed E-state index contributed by atoms with van der Waals surface area (Å²) in [4.78, 5) is 49.2. The number of ether oxygens (including phenoxy) is 1. The Morgan fingerprint density at radius 1 is 0.900 bits per heavy atom. The van der Waals surface area contributed by atoms with Gasteiger partial charge < -0.3 is 20.7 Å². The molecule has 0 fully saturated rings. The molecule has 2 unspecified atom stereocenters. The van der Waals surface area contributed by atoms with Crippen molar-refractivity contribution in [1.82, 2.24) is 16.0 Å². The fourth-order valence-electron chi connectivity index (χ4n) is 2.69. The highest BCUT2D eigenvalue weighted by atomic mass is 16.5. The van der Waals surface area contributed by atoms with Gasteiger partial charge in [-0.2, -0.15) is 0 Å². The van der Waals surface area contributed by atoms with Crippen LogP contribution in [0.4, 0.5) is 0 Å². The molecule has 0 bridgehead atoms. The number of hydrogen-bond donors (Lipinski definition) is 3. The second-order valence-corrected chi connectivity index (χ2v) is 7.60. The van der Waals surface area contributed by atoms with Gasteiger partial charge in [0.2, 0.25) is 11.8 Å². The van der Waals surface area contributed by atoms with Gasteiger partial charge >= 0.3 is 5.97 Å². The van der Waals surface area contributed by atoms with E-state index in [1.807, 2.05) is 6.07 Å². The number of rotatable bonds is 9. The quantitative estimate of drug-likeness (QED) is 0.417. The summed E-state index contributed by atoms with van der Waals surface area (Å²) in [6.45, 7) is 8.39. The zero-order valence-electron chi connectivity index (χ0n) is 18.3. The summed E-state index contributed by atoms with van der Waals surface area (Å²) in [5.41, 5.74) is 0.730. The summed E-state index contributed by atoms with van der Waals surface area (Å²) in [7, 11) is 1.25. The van der Waals surface area contributed by atoms with Gasteiger partial charge in [0, 0.05) is 6.92 Å². The van der Waals surface area contributed by atoms with Crippen LogP contribution in [0.2, 0.25) is 0 Å². The van der Waals surface area contributed by atoms with Gasteiger partial charge in [-0.25, -0.2) is 4.79 Å². The first kappa shape index (κ1) is 24.9. The molecule has 0 saturated heterocycles. The molecule has 8 heteroatoms. The minimum atomic E-state index is -0.920. The number of carbonyl (C=O) groups excluding carboxylic acids is 4. The summed E-state index contributed by atoms with van der Waals surface area (Å²) in [5.74, 6) is -2.56. The fraction of sp³-hybridized carbons (Fsp3) is 0.455. The van der Waals surface area contributed by atoms with Crippen LogP contribution in [0.5, 0.6) is 0 Å². The van der Waals surface area contributed by atoms with Gasteiger partial charge in [0.1, 0.15) is 17.8 Å². The van der Waals surface area contributed by atoms with E-state index in [-0.39, 0.29) is 17.5 Å². The van der Waals surface area contributed by atoms with Gasteiger partial charge in [-0.05, 0) is 23.5 Å². The Hall–Kier alpha value is -3.16. The van der Waals surface area contributed by atoms with Crippen molar-refractivity contribution in [2.24, 2.45) is 11.8 Å². The molecule has 164 valence electrons. The number of methoxy groups -OCH3 is 1. The van der Waals surface area contributed by atoms with E-state index >= 15 is 0 Å². The van der Waals surface area contributed by atoms with E-state index in [2.05, 4.69) is 16.0 Å². The second kappa shape index (κ2) is 11.7. The molecule has 3 amide bonds. The fourth-order valence-corrected chi connectivity index (χ4v) is 2.69.